The van der Waals surface area contributed by atoms with Crippen LogP contribution in [0.25, 0.3) is 0 Å². The quantitative estimate of drug-likeness (QED) is 0.0146. The normalized spacial score (nSPS) is 14.7. The second kappa shape index (κ2) is 57.9. The molecule has 0 saturated heterocycles. The van der Waals surface area contributed by atoms with E-state index < -0.39 is 91.5 Å². The maximum Gasteiger partial charge on any atom is 0.472 e. The number of aliphatic hydroxyl groups excluding tert-OH is 2. The van der Waals surface area contributed by atoms with E-state index in [2.05, 4.69) is 69.4 Å². The van der Waals surface area contributed by atoms with E-state index in [4.69, 9.17) is 32.3 Å². The van der Waals surface area contributed by atoms with Crippen molar-refractivity contribution in [2.75, 3.05) is 39.6 Å². The Balaban J connectivity index is 4.70. The van der Waals surface area contributed by atoms with E-state index in [1.807, 2.05) is 0 Å². The lowest BCUT2D eigenvalue weighted by atomic mass is 10.0. The Bertz CT molecular complexity index is 1690. The lowest BCUT2D eigenvalue weighted by molar-refractivity contribution is -0.161. The molecule has 0 saturated carbocycles. The number of rotatable bonds is 61. The van der Waals surface area contributed by atoms with Crippen LogP contribution in [-0.4, -0.2) is 95.9 Å². The molecule has 0 aromatic rings. The number of carbonyl (C=O) groups excluding carboxylic acids is 3. The van der Waals surface area contributed by atoms with Gasteiger partial charge in [-0.15, -0.1) is 0 Å². The van der Waals surface area contributed by atoms with Gasteiger partial charge in [-0.25, -0.2) is 9.13 Å². The summed E-state index contributed by atoms with van der Waals surface area (Å²) >= 11 is 0. The zero-order chi connectivity index (χ0) is 59.6. The van der Waals surface area contributed by atoms with Gasteiger partial charge < -0.3 is 34.2 Å². The van der Waals surface area contributed by atoms with Crippen molar-refractivity contribution in [3.8, 4) is 0 Å². The maximum atomic E-state index is 12.9. The lowest BCUT2D eigenvalue weighted by Gasteiger charge is -2.21. The maximum absolute atomic E-state index is 12.9. The summed E-state index contributed by atoms with van der Waals surface area (Å²) in [6.45, 7) is 2.54. The SMILES string of the molecule is CC/C=C\C/C=C\C/C=C\CCCCCCCC(=O)OCC(O)COP(=O)(O)OCC(O)COP(=O)(O)OCC(COC(=O)CCCCCCC/C=C\CCCCCCCC)OC(=O)CCCCCCCCCCCCCCCCC. The molecule has 0 aliphatic carbocycles. The first-order chi connectivity index (χ1) is 39.2. The minimum Gasteiger partial charge on any atom is -0.463 e. The number of phosphoric ester groups is 2. The Morgan fingerprint density at radius 3 is 1.05 bits per heavy atom. The van der Waals surface area contributed by atoms with E-state index >= 15 is 0 Å². The summed E-state index contributed by atoms with van der Waals surface area (Å²) in [5.74, 6) is -1.58. The van der Waals surface area contributed by atoms with E-state index in [9.17, 15) is 43.5 Å². The van der Waals surface area contributed by atoms with E-state index in [1.165, 1.54) is 103 Å². The van der Waals surface area contributed by atoms with Crippen molar-refractivity contribution < 1.29 is 75.8 Å². The van der Waals surface area contributed by atoms with Gasteiger partial charge in [0.2, 0.25) is 0 Å². The number of esters is 3. The molecule has 0 aliphatic rings. The standard InChI is InChI=1S/C63H116O16P2/c1-4-7-10-13-16-19-22-25-28-31-34-37-40-43-46-49-61(66)73-52-58(64)53-75-80(69,70)76-54-59(65)55-77-81(71,72)78-57-60(79-63(68)51-48-45-42-39-36-33-30-27-24-21-18-15-12-9-6-3)56-74-62(67)50-47-44-41-38-35-32-29-26-23-20-17-14-11-8-5-2/h7,10,16,19,25-26,28-29,58-60,64-65H,4-6,8-9,11-15,17-18,20-24,27,30-57H2,1-3H3,(H,69,70)(H,71,72)/b10-7-,19-16-,28-25-,29-26-. The molecule has 5 unspecified atom stereocenters. The first-order valence-electron chi connectivity index (χ1n) is 31.9. The van der Waals surface area contributed by atoms with E-state index in [-0.39, 0.29) is 19.3 Å². The number of carbonyl (C=O) groups is 3. The van der Waals surface area contributed by atoms with Crippen LogP contribution in [0, 0.1) is 0 Å². The molecule has 0 aromatic heterocycles. The molecule has 0 heterocycles. The Morgan fingerprint density at radius 1 is 0.358 bits per heavy atom. The highest BCUT2D eigenvalue weighted by Gasteiger charge is 2.29. The number of aliphatic hydroxyl groups is 2. The summed E-state index contributed by atoms with van der Waals surface area (Å²) in [6.07, 6.45) is 54.5. The molecule has 0 aromatic carbocycles. The predicted molar refractivity (Wildman–Crippen MR) is 326 cm³/mol. The fourth-order valence-electron chi connectivity index (χ4n) is 8.64. The number of ether oxygens (including phenoxy) is 3. The van der Waals surface area contributed by atoms with Crippen LogP contribution >= 0.6 is 15.6 Å². The predicted octanol–water partition coefficient (Wildman–Crippen LogP) is 16.9. The topological polar surface area (TPSA) is 231 Å². The van der Waals surface area contributed by atoms with Crippen LogP contribution in [0.4, 0.5) is 0 Å². The lowest BCUT2D eigenvalue weighted by Crippen LogP contribution is -2.30. The van der Waals surface area contributed by atoms with Crippen LogP contribution in [-0.2, 0) is 55.8 Å². The summed E-state index contributed by atoms with van der Waals surface area (Å²) in [6, 6.07) is 0. The first kappa shape index (κ1) is 78.5. The number of hydrogen-bond donors (Lipinski definition) is 4. The zero-order valence-electron chi connectivity index (χ0n) is 51.0. The molecule has 0 bridgehead atoms. The van der Waals surface area contributed by atoms with Crippen LogP contribution in [0.15, 0.2) is 48.6 Å². The summed E-state index contributed by atoms with van der Waals surface area (Å²) < 4.78 is 60.7. The highest BCUT2D eigenvalue weighted by molar-refractivity contribution is 7.47. The molecular formula is C63H116O16P2. The Hall–Kier alpha value is -2.49. The van der Waals surface area contributed by atoms with Gasteiger partial charge in [-0.05, 0) is 77.0 Å². The van der Waals surface area contributed by atoms with Gasteiger partial charge in [-0.1, -0.05) is 230 Å². The number of phosphoric acid groups is 2. The molecule has 0 rings (SSSR count). The van der Waals surface area contributed by atoms with Gasteiger partial charge in [-0.3, -0.25) is 32.5 Å². The van der Waals surface area contributed by atoms with Crippen LogP contribution in [0.2, 0.25) is 0 Å². The van der Waals surface area contributed by atoms with Gasteiger partial charge in [0, 0.05) is 19.3 Å². The third-order valence-electron chi connectivity index (χ3n) is 13.5. The van der Waals surface area contributed by atoms with Gasteiger partial charge in [0.25, 0.3) is 0 Å². The Morgan fingerprint density at radius 2 is 0.654 bits per heavy atom. The minimum atomic E-state index is -4.91. The number of hydrogen-bond acceptors (Lipinski definition) is 14. The van der Waals surface area contributed by atoms with Gasteiger partial charge >= 0.3 is 33.6 Å². The molecule has 0 spiro atoms. The van der Waals surface area contributed by atoms with Crippen molar-refractivity contribution in [2.24, 2.45) is 0 Å². The smallest absolute Gasteiger partial charge is 0.463 e. The molecule has 0 fully saturated rings. The van der Waals surface area contributed by atoms with Crippen LogP contribution in [0.5, 0.6) is 0 Å². The number of allylic oxidation sites excluding steroid dienone is 8. The minimum absolute atomic E-state index is 0.109. The Kier molecular flexibility index (Phi) is 56.1. The molecular weight excluding hydrogens is 1070 g/mol. The molecule has 0 amide bonds. The highest BCUT2D eigenvalue weighted by atomic mass is 31.2. The fraction of sp³-hybridized carbons (Fsp3) is 0.825. The van der Waals surface area contributed by atoms with E-state index in [0.29, 0.717) is 19.3 Å². The third-order valence-corrected chi connectivity index (χ3v) is 15.4. The van der Waals surface area contributed by atoms with E-state index in [0.717, 1.165) is 116 Å². The van der Waals surface area contributed by atoms with Crippen molar-refractivity contribution in [2.45, 2.75) is 296 Å². The molecule has 0 aliphatic heterocycles. The summed E-state index contributed by atoms with van der Waals surface area (Å²) in [5, 5.41) is 20.5. The second-order valence-electron chi connectivity index (χ2n) is 21.5. The molecule has 0 radical (unpaired) electrons. The van der Waals surface area contributed by atoms with Gasteiger partial charge in [0.1, 0.15) is 25.4 Å². The molecule has 5 atom stereocenters. The van der Waals surface area contributed by atoms with Crippen LogP contribution in [0.1, 0.15) is 278 Å². The second-order valence-corrected chi connectivity index (χ2v) is 24.4. The Labute approximate surface area is 491 Å². The third kappa shape index (κ3) is 59.1. The monoisotopic (exact) mass is 1190 g/mol. The molecule has 474 valence electrons. The largest absolute Gasteiger partial charge is 0.472 e. The van der Waals surface area contributed by atoms with Crippen molar-refractivity contribution in [3.63, 3.8) is 0 Å². The van der Waals surface area contributed by atoms with E-state index in [1.54, 1.807) is 0 Å². The highest BCUT2D eigenvalue weighted by Crippen LogP contribution is 2.45. The fourth-order valence-corrected chi connectivity index (χ4v) is 10.2. The summed E-state index contributed by atoms with van der Waals surface area (Å²) in [5.41, 5.74) is 0. The van der Waals surface area contributed by atoms with Crippen molar-refractivity contribution in [1.82, 2.24) is 0 Å². The summed E-state index contributed by atoms with van der Waals surface area (Å²) in [7, 11) is -9.76. The van der Waals surface area contributed by atoms with Crippen molar-refractivity contribution >= 4 is 33.6 Å². The first-order valence-corrected chi connectivity index (χ1v) is 34.9. The molecule has 18 heteroatoms. The number of unbranched alkanes of at least 4 members (excludes halogenated alkanes) is 30. The van der Waals surface area contributed by atoms with Gasteiger partial charge in [0.05, 0.1) is 26.4 Å². The molecule has 16 nitrogen and oxygen atoms in total. The zero-order valence-corrected chi connectivity index (χ0v) is 52.7. The summed E-state index contributed by atoms with van der Waals surface area (Å²) in [4.78, 5) is 58.2. The average molecular weight is 1190 g/mol. The van der Waals surface area contributed by atoms with Crippen LogP contribution < -0.4 is 0 Å². The van der Waals surface area contributed by atoms with Gasteiger partial charge in [0.15, 0.2) is 6.10 Å². The molecule has 81 heavy (non-hydrogen) atoms. The molecule has 4 N–H and O–H groups in total. The average Bonchev–Trinajstić information content (AvgIpc) is 3.45. The van der Waals surface area contributed by atoms with Gasteiger partial charge in [-0.2, -0.15) is 0 Å². The van der Waals surface area contributed by atoms with Crippen molar-refractivity contribution in [1.29, 1.82) is 0 Å². The van der Waals surface area contributed by atoms with Crippen molar-refractivity contribution in [3.05, 3.63) is 48.6 Å². The van der Waals surface area contributed by atoms with Crippen LogP contribution in [0.3, 0.4) is 0 Å².